The van der Waals surface area contributed by atoms with Gasteiger partial charge in [0.1, 0.15) is 29.7 Å². The number of amides is 7. The Kier molecular flexibility index (Phi) is 16.9. The molecule has 3 unspecified atom stereocenters. The van der Waals surface area contributed by atoms with Crippen LogP contribution in [0.4, 0.5) is 10.1 Å². The number of thiazole rings is 1. The summed E-state index contributed by atoms with van der Waals surface area (Å²) in [5, 5.41) is 28.5. The molecule has 0 radical (unpaired) electrons. The molecule has 7 aliphatic rings. The van der Waals surface area contributed by atoms with Crippen LogP contribution in [0.1, 0.15) is 87.3 Å². The first-order valence-electron chi connectivity index (χ1n) is 32.2. The molecule has 5 saturated heterocycles. The number of carbonyl (C=O) groups excluding carboxylic acids is 7. The summed E-state index contributed by atoms with van der Waals surface area (Å²) >= 11 is 8.06. The van der Waals surface area contributed by atoms with Crippen molar-refractivity contribution in [3.63, 3.8) is 0 Å². The minimum atomic E-state index is -1.39. The number of nitrogens with one attached hydrogen (secondary N) is 3. The lowest BCUT2D eigenvalue weighted by molar-refractivity contribution is -0.160. The molecule has 8 aromatic rings. The van der Waals surface area contributed by atoms with E-state index in [-0.39, 0.29) is 92.2 Å². The number of hydrogen-bond donors (Lipinski definition) is 4. The molecule has 6 fully saturated rings. The molecule has 5 aromatic carbocycles. The first kappa shape index (κ1) is 62.2. The summed E-state index contributed by atoms with van der Waals surface area (Å²) in [6, 6.07) is 28.7. The van der Waals surface area contributed by atoms with E-state index in [2.05, 4.69) is 21.0 Å². The topological polar surface area (TPSA) is 264 Å². The third kappa shape index (κ3) is 11.9. The van der Waals surface area contributed by atoms with Crippen molar-refractivity contribution in [2.24, 2.45) is 24.8 Å². The van der Waals surface area contributed by atoms with Crippen molar-refractivity contribution < 1.29 is 52.6 Å². The van der Waals surface area contributed by atoms with Gasteiger partial charge in [-0.1, -0.05) is 60.1 Å². The van der Waals surface area contributed by atoms with Crippen molar-refractivity contribution in [3.8, 4) is 27.4 Å². The maximum Gasteiger partial charge on any atom is 0.322 e. The number of carbonyl (C=O) groups is 8. The number of fused-ring (bicyclic) bond motifs is 7. The molecule has 486 valence electrons. The van der Waals surface area contributed by atoms with Crippen LogP contribution >= 0.6 is 22.9 Å². The van der Waals surface area contributed by atoms with E-state index in [0.717, 1.165) is 27.7 Å². The second-order valence-corrected chi connectivity index (χ2v) is 27.2. The summed E-state index contributed by atoms with van der Waals surface area (Å²) in [4.78, 5) is 122. The summed E-state index contributed by atoms with van der Waals surface area (Å²) < 4.78 is 27.4. The van der Waals surface area contributed by atoms with Crippen LogP contribution in [0.2, 0.25) is 5.02 Å². The molecule has 6 aliphatic heterocycles. The number of piperidine rings is 5. The van der Waals surface area contributed by atoms with E-state index in [9.17, 15) is 33.6 Å². The van der Waals surface area contributed by atoms with E-state index in [1.54, 1.807) is 41.0 Å². The smallest absolute Gasteiger partial charge is 0.322 e. The summed E-state index contributed by atoms with van der Waals surface area (Å²) in [5.41, 5.74) is 4.24. The first-order valence-corrected chi connectivity index (χ1v) is 33.4. The molecule has 94 heavy (non-hydrogen) atoms. The van der Waals surface area contributed by atoms with Gasteiger partial charge >= 0.3 is 5.97 Å². The van der Waals surface area contributed by atoms with Crippen LogP contribution in [0, 0.1) is 23.6 Å². The van der Waals surface area contributed by atoms with Gasteiger partial charge < -0.3 is 45.4 Å². The highest BCUT2D eigenvalue weighted by atomic mass is 35.5. The lowest BCUT2D eigenvalue weighted by Crippen LogP contribution is -2.62. The Hall–Kier alpha value is -9.29. The normalized spacial score (nSPS) is 20.7. The molecule has 0 spiro atoms. The van der Waals surface area contributed by atoms with E-state index in [1.165, 1.54) is 22.1 Å². The van der Waals surface area contributed by atoms with Crippen LogP contribution in [-0.4, -0.2) is 167 Å². The van der Waals surface area contributed by atoms with Crippen molar-refractivity contribution in [3.05, 3.63) is 125 Å². The molecule has 25 heteroatoms. The minimum absolute atomic E-state index is 0.00556. The number of halogens is 2. The van der Waals surface area contributed by atoms with Crippen LogP contribution in [0.25, 0.3) is 53.7 Å². The van der Waals surface area contributed by atoms with Gasteiger partial charge in [-0.2, -0.15) is 10.2 Å². The zero-order valence-electron chi connectivity index (χ0n) is 51.7. The number of aromatic nitrogens is 5. The number of para-hydroxylation sites is 2. The number of anilines is 1. The molecule has 2 bridgehead atoms. The predicted octanol–water partition coefficient (Wildman–Crippen LogP) is 8.11. The molecule has 22 nitrogen and oxygen atoms in total. The maximum atomic E-state index is 16.2. The zero-order valence-corrected chi connectivity index (χ0v) is 53.3. The molecule has 3 aromatic heterocycles. The van der Waals surface area contributed by atoms with E-state index in [4.69, 9.17) is 31.5 Å². The van der Waals surface area contributed by atoms with Crippen molar-refractivity contribution >= 4 is 108 Å². The summed E-state index contributed by atoms with van der Waals surface area (Å²) in [5.74, 6) is -4.53. The molecule has 4 atom stereocenters. The molecule has 4 N–H and O–H groups in total. The number of carboxylic acid groups (broad SMARTS) is 1. The van der Waals surface area contributed by atoms with Gasteiger partial charge in [-0.25, -0.2) is 9.37 Å². The van der Waals surface area contributed by atoms with Gasteiger partial charge in [-0.05, 0) is 111 Å². The van der Waals surface area contributed by atoms with Gasteiger partial charge in [0.05, 0.1) is 62.1 Å². The van der Waals surface area contributed by atoms with Crippen LogP contribution < -0.4 is 20.7 Å². The van der Waals surface area contributed by atoms with Gasteiger partial charge in [0, 0.05) is 112 Å². The average Bonchev–Trinajstić information content (AvgIpc) is 1.42. The number of aliphatic carboxylic acids is 1. The van der Waals surface area contributed by atoms with Gasteiger partial charge in [0.15, 0.2) is 5.60 Å². The Balaban J connectivity index is 0.658. The highest BCUT2D eigenvalue weighted by molar-refractivity contribution is 7.22. The molecule has 7 amide bonds. The highest BCUT2D eigenvalue weighted by Crippen LogP contribution is 2.46. The lowest BCUT2D eigenvalue weighted by Gasteiger charge is -2.51. The predicted molar refractivity (Wildman–Crippen MR) is 349 cm³/mol. The molecule has 15 rings (SSSR count). The van der Waals surface area contributed by atoms with Gasteiger partial charge in [-0.3, -0.25) is 47.7 Å². The molecule has 9 heterocycles. The Morgan fingerprint density at radius 1 is 0.766 bits per heavy atom. The number of aryl methyl sites for hydroxylation is 1. The van der Waals surface area contributed by atoms with Crippen molar-refractivity contribution in [2.75, 3.05) is 64.2 Å². The van der Waals surface area contributed by atoms with Gasteiger partial charge in [0.25, 0.3) is 5.91 Å². The fraction of sp³-hybridized carbons (Fsp3) is 0.406. The van der Waals surface area contributed by atoms with Crippen molar-refractivity contribution in [1.82, 2.24) is 54.8 Å². The highest BCUT2D eigenvalue weighted by Gasteiger charge is 2.52. The zero-order chi connectivity index (χ0) is 65.1. The number of ether oxygens (including phenoxy) is 1. The third-order valence-corrected chi connectivity index (χ3v) is 21.7. The van der Waals surface area contributed by atoms with E-state index in [1.807, 2.05) is 87.5 Å². The minimum Gasteiger partial charge on any atom is -0.480 e. The Bertz CT molecular complexity index is 4370. The molecule has 1 aliphatic carbocycles. The molecule has 1 saturated carbocycles. The number of benzene rings is 5. The lowest BCUT2D eigenvalue weighted by atomic mass is 9.71. The van der Waals surface area contributed by atoms with Crippen molar-refractivity contribution in [1.29, 1.82) is 0 Å². The third-order valence-electron chi connectivity index (χ3n) is 20.2. The Morgan fingerprint density at radius 3 is 2.27 bits per heavy atom. The number of hydrogen-bond acceptors (Lipinski definition) is 13. The van der Waals surface area contributed by atoms with Gasteiger partial charge in [0.2, 0.25) is 35.4 Å². The second-order valence-electron chi connectivity index (χ2n) is 25.8. The second kappa shape index (κ2) is 25.6. The molecular weight excluding hydrogens is 1240 g/mol. The van der Waals surface area contributed by atoms with E-state index >= 15 is 9.18 Å². The average molecular weight is 1310 g/mol. The quantitative estimate of drug-likeness (QED) is 0.0757. The van der Waals surface area contributed by atoms with E-state index in [0.29, 0.717) is 131 Å². The number of rotatable bonds is 15. The number of nitrogens with zero attached hydrogens (tertiary/aromatic N) is 9. The maximum absolute atomic E-state index is 16.2. The number of likely N-dealkylation sites (tertiary alicyclic amines) is 3. The van der Waals surface area contributed by atoms with Crippen LogP contribution in [0.15, 0.2) is 103 Å². The van der Waals surface area contributed by atoms with Crippen molar-refractivity contribution in [2.45, 2.75) is 94.2 Å². The monoisotopic (exact) mass is 1310 g/mol. The number of carboxylic acids is 1. The fourth-order valence-electron chi connectivity index (χ4n) is 15.3. The standard InChI is InChI=1S/C69H70ClFN12O10S/c1-78-55-32-46(50(71)31-42(55)34-74-78)44-10-6-14-54-61(44)62(77-83(54)38-59(86)72-35-58(85)73-36-60(87)88)40-18-24-79(25-19-40)67(91)48-30-39-16-17-53(48)82(37-39)65(89)41-20-26-81(27-21-41)68(92)69(93-56-15-5-3-9-45(56)64-76-52-13-7-11-49(70)63(52)94-64)22-28-80(29-23-69)66(90)47-33-57(84)75-51-12-4-2-8-43(47)51/h2-15,31-32,34,39-41,47-48,53H,16-30,33,35-38H2,1H3,(H,72,86)(H,73,85)(H,75,84)(H,87,88)/t39?,47-,48?,53?/m0/s1. The Morgan fingerprint density at radius 2 is 1.49 bits per heavy atom. The van der Waals surface area contributed by atoms with Gasteiger partial charge in [-0.15, -0.1) is 11.3 Å². The molecular formula is C69H70ClFN12O10S. The Labute approximate surface area is 548 Å². The first-order chi connectivity index (χ1) is 45.5. The largest absolute Gasteiger partial charge is 0.480 e. The van der Waals surface area contributed by atoms with Crippen LogP contribution in [0.3, 0.4) is 0 Å². The summed E-state index contributed by atoms with van der Waals surface area (Å²) in [6.45, 7) is 1.08. The SMILES string of the molecule is Cn1ncc2cc(F)c(-c3cccc4c3c(C3CCN(C(=O)C5CC6CCC5N(C(=O)C5CCN(C(=O)C7(Oc8ccccc8-c8nc9cccc(Cl)c9s8)CCN(C(=O)[C@H]8CC(=O)Nc9ccccc98)CC7)CC5)C6)CC3)nn4CC(=O)NCC(=O)NCC(=O)O)cc21. The summed E-state index contributed by atoms with van der Waals surface area (Å²) in [7, 11) is 1.78. The summed E-state index contributed by atoms with van der Waals surface area (Å²) in [6.07, 6.45) is 6.17. The van der Waals surface area contributed by atoms with Crippen LogP contribution in [0.5, 0.6) is 5.75 Å². The van der Waals surface area contributed by atoms with E-state index < -0.39 is 54.1 Å². The fourth-order valence-corrected chi connectivity index (χ4v) is 16.6. The van der Waals surface area contributed by atoms with Crippen LogP contribution in [-0.2, 0) is 51.9 Å².